The van der Waals surface area contributed by atoms with E-state index in [9.17, 15) is 4.79 Å². The molecule has 0 aliphatic heterocycles. The van der Waals surface area contributed by atoms with Crippen molar-refractivity contribution >= 4 is 23.2 Å². The molecule has 0 saturated heterocycles. The molecule has 0 spiro atoms. The van der Waals surface area contributed by atoms with Gasteiger partial charge in [-0.05, 0) is 61.4 Å². The third kappa shape index (κ3) is 6.96. The molecule has 1 N–H and O–H groups in total. The van der Waals surface area contributed by atoms with E-state index in [1.54, 1.807) is 12.3 Å². The summed E-state index contributed by atoms with van der Waals surface area (Å²) in [6.45, 7) is 9.80. The Balaban J connectivity index is 1.98. The van der Waals surface area contributed by atoms with Crippen LogP contribution in [-0.4, -0.2) is 30.1 Å². The average Bonchev–Trinajstić information content (AvgIpc) is 2.83. The molecule has 0 radical (unpaired) electrons. The highest BCUT2D eigenvalue weighted by molar-refractivity contribution is 5.76. The molecule has 0 amide bonds. The molecule has 6 nitrogen and oxygen atoms in total. The van der Waals surface area contributed by atoms with Crippen LogP contribution < -0.4 is 10.2 Å². The third-order valence-electron chi connectivity index (χ3n) is 6.41. The highest BCUT2D eigenvalue weighted by Gasteiger charge is 2.25. The summed E-state index contributed by atoms with van der Waals surface area (Å²) in [6, 6.07) is 12.7. The Morgan fingerprint density at radius 3 is 2.59 bits per heavy atom. The summed E-state index contributed by atoms with van der Waals surface area (Å²) in [5, 5.41) is 12.6. The smallest absolute Gasteiger partial charge is 0.306 e. The first-order valence-electron chi connectivity index (χ1n) is 12.6. The van der Waals surface area contributed by atoms with Gasteiger partial charge in [-0.25, -0.2) is 4.98 Å². The Hall–Kier alpha value is -3.07. The number of hydrogen-bond donors (Lipinski definition) is 1. The number of benzene rings is 1. The van der Waals surface area contributed by atoms with Crippen molar-refractivity contribution in [1.82, 2.24) is 4.98 Å². The molecule has 2 aromatic rings. The average molecular weight is 463 g/mol. The van der Waals surface area contributed by atoms with Crippen LogP contribution in [0.4, 0.5) is 17.2 Å². The van der Waals surface area contributed by atoms with Crippen molar-refractivity contribution in [1.29, 1.82) is 5.26 Å². The number of anilines is 3. The summed E-state index contributed by atoms with van der Waals surface area (Å²) in [4.78, 5) is 19.1. The van der Waals surface area contributed by atoms with Crippen LogP contribution >= 0.6 is 0 Å². The maximum Gasteiger partial charge on any atom is 0.306 e. The number of esters is 1. The van der Waals surface area contributed by atoms with Gasteiger partial charge in [0.1, 0.15) is 11.9 Å². The zero-order valence-electron chi connectivity index (χ0n) is 21.0. The van der Waals surface area contributed by atoms with Crippen molar-refractivity contribution in [3.63, 3.8) is 0 Å². The normalized spacial score (nSPS) is 14.9. The number of nitriles is 1. The second-order valence-corrected chi connectivity index (χ2v) is 9.69. The van der Waals surface area contributed by atoms with Crippen LogP contribution in [0.15, 0.2) is 36.5 Å². The van der Waals surface area contributed by atoms with E-state index in [1.807, 2.05) is 13.0 Å². The molecule has 1 aliphatic rings. The number of ether oxygens (including phenoxy) is 1. The Morgan fingerprint density at radius 2 is 1.97 bits per heavy atom. The van der Waals surface area contributed by atoms with Crippen LogP contribution in [0.1, 0.15) is 83.3 Å². The Kier molecular flexibility index (Phi) is 9.33. The minimum Gasteiger partial charge on any atom is -0.466 e. The molecule has 1 aliphatic carbocycles. The maximum absolute atomic E-state index is 12.1. The van der Waals surface area contributed by atoms with Gasteiger partial charge in [-0.2, -0.15) is 5.26 Å². The zero-order valence-corrected chi connectivity index (χ0v) is 21.0. The van der Waals surface area contributed by atoms with Crippen LogP contribution in [0.3, 0.4) is 0 Å². The predicted octanol–water partition coefficient (Wildman–Crippen LogP) is 6.55. The number of carbonyl (C=O) groups is 1. The lowest BCUT2D eigenvalue weighted by Gasteiger charge is -2.38. The molecule has 1 aromatic heterocycles. The highest BCUT2D eigenvalue weighted by Crippen LogP contribution is 2.37. The first-order chi connectivity index (χ1) is 16.4. The second-order valence-electron chi connectivity index (χ2n) is 9.69. The molecule has 34 heavy (non-hydrogen) atoms. The van der Waals surface area contributed by atoms with Crippen LogP contribution in [0.25, 0.3) is 0 Å². The van der Waals surface area contributed by atoms with Gasteiger partial charge < -0.3 is 15.0 Å². The first kappa shape index (κ1) is 25.6. The number of nitrogens with one attached hydrogen (secondary N) is 1. The lowest BCUT2D eigenvalue weighted by Crippen LogP contribution is -2.39. The molecule has 1 aromatic carbocycles. The van der Waals surface area contributed by atoms with Crippen molar-refractivity contribution in [2.24, 2.45) is 5.92 Å². The Morgan fingerprint density at radius 1 is 1.21 bits per heavy atom. The van der Waals surface area contributed by atoms with Crippen molar-refractivity contribution in [3.05, 3.63) is 47.7 Å². The fraction of sp³-hybridized carbons (Fsp3) is 0.536. The lowest BCUT2D eigenvalue weighted by molar-refractivity contribution is -0.143. The number of nitrogens with zero attached hydrogens (tertiary/aromatic N) is 3. The molecule has 182 valence electrons. The summed E-state index contributed by atoms with van der Waals surface area (Å²) in [5.41, 5.74) is 3.77. The van der Waals surface area contributed by atoms with E-state index in [4.69, 9.17) is 10.00 Å². The van der Waals surface area contributed by atoms with E-state index in [0.717, 1.165) is 17.8 Å². The summed E-state index contributed by atoms with van der Waals surface area (Å²) in [5.74, 6) is 1.09. The van der Waals surface area contributed by atoms with E-state index in [0.29, 0.717) is 36.4 Å². The molecular formula is C28H38N4O2. The first-order valence-corrected chi connectivity index (χ1v) is 12.6. The van der Waals surface area contributed by atoms with Crippen molar-refractivity contribution < 1.29 is 9.53 Å². The van der Waals surface area contributed by atoms with Gasteiger partial charge in [0, 0.05) is 18.8 Å². The molecule has 0 bridgehead atoms. The number of carbonyl (C=O) groups excluding carboxylic acids is 1. The largest absolute Gasteiger partial charge is 0.466 e. The number of pyridine rings is 1. The van der Waals surface area contributed by atoms with Crippen molar-refractivity contribution in [3.8, 4) is 6.07 Å². The lowest BCUT2D eigenvalue weighted by atomic mass is 9.92. The van der Waals surface area contributed by atoms with Crippen molar-refractivity contribution in [2.45, 2.75) is 78.2 Å². The Labute approximate surface area is 204 Å². The number of rotatable bonds is 10. The maximum atomic E-state index is 12.1. The van der Waals surface area contributed by atoms with Gasteiger partial charge in [-0.1, -0.05) is 46.1 Å². The Bertz CT molecular complexity index is 975. The van der Waals surface area contributed by atoms with E-state index in [1.165, 1.54) is 37.8 Å². The highest BCUT2D eigenvalue weighted by atomic mass is 16.5. The van der Waals surface area contributed by atoms with Gasteiger partial charge in [0.2, 0.25) is 0 Å². The van der Waals surface area contributed by atoms with Crippen LogP contribution in [-0.2, 0) is 9.53 Å². The fourth-order valence-corrected chi connectivity index (χ4v) is 4.70. The molecule has 1 fully saturated rings. The van der Waals surface area contributed by atoms with Crippen molar-refractivity contribution in [2.75, 3.05) is 23.4 Å². The van der Waals surface area contributed by atoms with E-state index < -0.39 is 0 Å². The molecule has 1 heterocycles. The van der Waals surface area contributed by atoms with E-state index in [2.05, 4.69) is 60.2 Å². The topological polar surface area (TPSA) is 78.2 Å². The fourth-order valence-electron chi connectivity index (χ4n) is 4.70. The van der Waals surface area contributed by atoms with Gasteiger partial charge in [0.25, 0.3) is 0 Å². The van der Waals surface area contributed by atoms with Gasteiger partial charge in [0.15, 0.2) is 0 Å². The van der Waals surface area contributed by atoms with E-state index >= 15 is 0 Å². The number of hydrogen-bond acceptors (Lipinski definition) is 6. The monoisotopic (exact) mass is 462 g/mol. The number of aromatic nitrogens is 1. The second kappa shape index (κ2) is 12.4. The third-order valence-corrected chi connectivity index (χ3v) is 6.41. The molecule has 1 atom stereocenters. The van der Waals surface area contributed by atoms with Crippen LogP contribution in [0, 0.1) is 17.2 Å². The van der Waals surface area contributed by atoms with Gasteiger partial charge in [-0.15, -0.1) is 0 Å². The summed E-state index contributed by atoms with van der Waals surface area (Å²) < 4.78 is 5.17. The van der Waals surface area contributed by atoms with Gasteiger partial charge in [-0.3, -0.25) is 4.79 Å². The molecular weight excluding hydrogens is 424 g/mol. The molecule has 6 heteroatoms. The van der Waals surface area contributed by atoms with E-state index in [-0.39, 0.29) is 11.9 Å². The van der Waals surface area contributed by atoms with Gasteiger partial charge in [0.05, 0.1) is 30.0 Å². The molecule has 1 saturated carbocycles. The summed E-state index contributed by atoms with van der Waals surface area (Å²) >= 11 is 0. The predicted molar refractivity (Wildman–Crippen MR) is 137 cm³/mol. The quantitative estimate of drug-likeness (QED) is 0.403. The molecule has 3 rings (SSSR count). The minimum atomic E-state index is -0.175. The molecule has 0 unspecified atom stereocenters. The summed E-state index contributed by atoms with van der Waals surface area (Å²) in [7, 11) is 0. The minimum absolute atomic E-state index is 0.0378. The van der Waals surface area contributed by atoms with Crippen LogP contribution in [0.2, 0.25) is 0 Å². The standard InChI is InChI=1S/C28H38N4O2/c1-5-34-28(33)15-21(4)23-12-13-26(32(19-20(2)3)24-9-7-6-8-10-24)25(16-23)31-27-14-11-22(17-29)18-30-27/h11-14,16,18,20-21,24H,5-10,15,19H2,1-4H3,(H,30,31)/t21-/m1/s1. The van der Waals surface area contributed by atoms with Crippen LogP contribution in [0.5, 0.6) is 0 Å². The van der Waals surface area contributed by atoms with Gasteiger partial charge >= 0.3 is 5.97 Å². The SMILES string of the molecule is CCOC(=O)C[C@@H](C)c1ccc(N(CC(C)C)C2CCCCC2)c(Nc2ccc(C#N)cn2)c1. The zero-order chi connectivity index (χ0) is 24.5. The summed E-state index contributed by atoms with van der Waals surface area (Å²) in [6.07, 6.45) is 8.21.